The third-order valence-electron chi connectivity index (χ3n) is 6.28. The molecule has 10 N–H and O–H groups in total. The Bertz CT molecular complexity index is 1370. The summed E-state index contributed by atoms with van der Waals surface area (Å²) in [6.45, 7) is 0. The lowest BCUT2D eigenvalue weighted by Gasteiger charge is -2.25. The number of aromatic nitrogens is 2. The van der Waals surface area contributed by atoms with E-state index in [1.807, 2.05) is 0 Å². The topological polar surface area (TPSA) is 243 Å². The highest BCUT2D eigenvalue weighted by Crippen LogP contribution is 2.13. The minimum atomic E-state index is -1.34. The number of hydrogen-bond donors (Lipinski definition) is 8. The predicted molar refractivity (Wildman–Crippen MR) is 149 cm³/mol. The number of imidazole rings is 1. The molecule has 4 atom stereocenters. The predicted octanol–water partition coefficient (Wildman–Crippen LogP) is -1.12. The Kier molecular flexibility index (Phi) is 11.1. The van der Waals surface area contributed by atoms with E-state index < -0.39 is 60.2 Å². The first-order valence-corrected chi connectivity index (χ1v) is 13.0. The molecule has 3 aromatic rings. The number of benzene rings is 2. The van der Waals surface area contributed by atoms with Crippen molar-refractivity contribution in [2.45, 2.75) is 49.9 Å². The van der Waals surface area contributed by atoms with E-state index in [0.29, 0.717) is 16.8 Å². The SMILES string of the molecule is NC(=O)CC(N)C(=O)NC(Cc1ccccc1)C(=O)NC(Cc1ccc(O)cc1)C(=O)NC(Cc1cnc[nH]1)C(=O)O. The number of nitrogens with one attached hydrogen (secondary N) is 4. The lowest BCUT2D eigenvalue weighted by atomic mass is 10.0. The van der Waals surface area contributed by atoms with Crippen molar-refractivity contribution in [2.24, 2.45) is 11.5 Å². The van der Waals surface area contributed by atoms with Crippen LogP contribution in [0.25, 0.3) is 0 Å². The first-order valence-electron chi connectivity index (χ1n) is 13.0. The zero-order chi connectivity index (χ0) is 30.6. The zero-order valence-corrected chi connectivity index (χ0v) is 22.5. The van der Waals surface area contributed by atoms with Gasteiger partial charge in [0.15, 0.2) is 0 Å². The number of aromatic hydroxyl groups is 1. The number of nitrogens with zero attached hydrogens (tertiary/aromatic N) is 1. The van der Waals surface area contributed by atoms with Crippen LogP contribution in [0.4, 0.5) is 0 Å². The summed E-state index contributed by atoms with van der Waals surface area (Å²) < 4.78 is 0. The number of carbonyl (C=O) groups is 5. The zero-order valence-electron chi connectivity index (χ0n) is 22.5. The van der Waals surface area contributed by atoms with Gasteiger partial charge in [0.25, 0.3) is 0 Å². The lowest BCUT2D eigenvalue weighted by molar-refractivity contribution is -0.142. The summed E-state index contributed by atoms with van der Waals surface area (Å²) in [4.78, 5) is 69.5. The van der Waals surface area contributed by atoms with Gasteiger partial charge in [-0.25, -0.2) is 9.78 Å². The monoisotopic (exact) mass is 579 g/mol. The lowest BCUT2D eigenvalue weighted by Crippen LogP contribution is -2.58. The number of amides is 4. The summed E-state index contributed by atoms with van der Waals surface area (Å²) >= 11 is 0. The number of carboxylic acid groups (broad SMARTS) is 1. The summed E-state index contributed by atoms with van der Waals surface area (Å²) in [6.07, 6.45) is 2.22. The fourth-order valence-electron chi connectivity index (χ4n) is 4.09. The number of aliphatic carboxylic acids is 1. The summed E-state index contributed by atoms with van der Waals surface area (Å²) in [5, 5.41) is 26.9. The molecular weight excluding hydrogens is 546 g/mol. The van der Waals surface area contributed by atoms with Crippen LogP contribution in [0, 0.1) is 0 Å². The van der Waals surface area contributed by atoms with Crippen LogP contribution in [0.3, 0.4) is 0 Å². The van der Waals surface area contributed by atoms with Crippen molar-refractivity contribution in [1.29, 1.82) is 0 Å². The summed E-state index contributed by atoms with van der Waals surface area (Å²) in [5.74, 6) is -4.45. The highest BCUT2D eigenvalue weighted by molar-refractivity contribution is 5.95. The van der Waals surface area contributed by atoms with E-state index in [1.165, 1.54) is 24.7 Å². The van der Waals surface area contributed by atoms with Crippen molar-refractivity contribution in [3.05, 3.63) is 83.9 Å². The van der Waals surface area contributed by atoms with Gasteiger partial charge in [0.1, 0.15) is 23.9 Å². The maximum Gasteiger partial charge on any atom is 0.326 e. The third-order valence-corrected chi connectivity index (χ3v) is 6.28. The molecular formula is C28H33N7O7. The number of phenolic OH excluding ortho intramolecular Hbond substituents is 1. The fraction of sp³-hybridized carbons (Fsp3) is 0.286. The van der Waals surface area contributed by atoms with E-state index in [-0.39, 0.29) is 25.0 Å². The molecule has 2 aromatic carbocycles. The summed E-state index contributed by atoms with van der Waals surface area (Å²) in [5.41, 5.74) is 12.6. The molecule has 0 saturated carbocycles. The van der Waals surface area contributed by atoms with E-state index in [2.05, 4.69) is 25.9 Å². The average Bonchev–Trinajstić information content (AvgIpc) is 3.46. The van der Waals surface area contributed by atoms with E-state index in [9.17, 15) is 34.2 Å². The van der Waals surface area contributed by atoms with Gasteiger partial charge in [-0.15, -0.1) is 0 Å². The summed E-state index contributed by atoms with van der Waals surface area (Å²) in [6, 6.07) is 9.52. The number of hydrogen-bond acceptors (Lipinski definition) is 8. The van der Waals surface area contributed by atoms with Crippen LogP contribution >= 0.6 is 0 Å². The molecule has 0 radical (unpaired) electrons. The smallest absolute Gasteiger partial charge is 0.326 e. The van der Waals surface area contributed by atoms with Crippen molar-refractivity contribution >= 4 is 29.6 Å². The Morgan fingerprint density at radius 3 is 1.86 bits per heavy atom. The van der Waals surface area contributed by atoms with Crippen molar-refractivity contribution in [2.75, 3.05) is 0 Å². The number of nitrogens with two attached hydrogens (primary N) is 2. The number of primary amides is 1. The second-order valence-corrected chi connectivity index (χ2v) is 9.64. The van der Waals surface area contributed by atoms with Crippen LogP contribution in [0.5, 0.6) is 5.75 Å². The summed E-state index contributed by atoms with van der Waals surface area (Å²) in [7, 11) is 0. The van der Waals surface area contributed by atoms with E-state index in [0.717, 1.165) is 0 Å². The third kappa shape index (κ3) is 9.75. The first-order chi connectivity index (χ1) is 20.0. The quantitative estimate of drug-likeness (QED) is 0.109. The molecule has 3 rings (SSSR count). The van der Waals surface area contributed by atoms with Crippen LogP contribution in [0.15, 0.2) is 67.1 Å². The maximum absolute atomic E-state index is 13.6. The second kappa shape index (κ2) is 14.9. The molecule has 0 aliphatic rings. The molecule has 42 heavy (non-hydrogen) atoms. The Morgan fingerprint density at radius 1 is 0.786 bits per heavy atom. The molecule has 222 valence electrons. The van der Waals surface area contributed by atoms with E-state index in [1.54, 1.807) is 42.5 Å². The molecule has 0 aliphatic heterocycles. The Labute approximate surface area is 240 Å². The Hall–Kier alpha value is -5.24. The van der Waals surface area contributed by atoms with E-state index in [4.69, 9.17) is 11.5 Å². The van der Waals surface area contributed by atoms with Gasteiger partial charge in [-0.05, 0) is 23.3 Å². The number of carboxylic acids is 1. The van der Waals surface area contributed by atoms with Gasteiger partial charge in [0.05, 0.1) is 18.8 Å². The molecule has 1 aromatic heterocycles. The maximum atomic E-state index is 13.6. The van der Waals surface area contributed by atoms with Gasteiger partial charge in [0.2, 0.25) is 23.6 Å². The molecule has 4 amide bonds. The van der Waals surface area contributed by atoms with Crippen LogP contribution in [0.1, 0.15) is 23.2 Å². The average molecular weight is 580 g/mol. The largest absolute Gasteiger partial charge is 0.508 e. The molecule has 14 heteroatoms. The Balaban J connectivity index is 1.85. The fourth-order valence-corrected chi connectivity index (χ4v) is 4.09. The van der Waals surface area contributed by atoms with Gasteiger partial charge in [-0.2, -0.15) is 0 Å². The van der Waals surface area contributed by atoms with Crippen molar-refractivity contribution in [1.82, 2.24) is 25.9 Å². The number of phenols is 1. The van der Waals surface area contributed by atoms with Gasteiger partial charge in [0, 0.05) is 31.2 Å². The number of aromatic amines is 1. The molecule has 4 unspecified atom stereocenters. The minimum absolute atomic E-state index is 0.00720. The molecule has 0 fully saturated rings. The van der Waals surface area contributed by atoms with Crippen LogP contribution < -0.4 is 27.4 Å². The standard InChI is InChI=1S/C28H33N7O7/c29-20(13-24(30)37)25(38)33-21(10-16-4-2-1-3-5-16)26(39)34-22(11-17-6-8-19(36)9-7-17)27(40)35-23(28(41)42)12-18-14-31-15-32-18/h1-9,14-15,20-23,36H,10-13,29H2,(H2,30,37)(H,31,32)(H,33,38)(H,34,39)(H,35,40)(H,41,42). The number of rotatable bonds is 15. The van der Waals surface area contributed by atoms with Gasteiger partial charge >= 0.3 is 5.97 Å². The molecule has 1 heterocycles. The van der Waals surface area contributed by atoms with Crippen LogP contribution in [-0.4, -0.2) is 73.9 Å². The van der Waals surface area contributed by atoms with E-state index >= 15 is 0 Å². The van der Waals surface area contributed by atoms with Crippen molar-refractivity contribution in [3.63, 3.8) is 0 Å². The van der Waals surface area contributed by atoms with Gasteiger partial charge in [-0.3, -0.25) is 19.2 Å². The second-order valence-electron chi connectivity index (χ2n) is 9.64. The Morgan fingerprint density at radius 2 is 1.33 bits per heavy atom. The molecule has 0 aliphatic carbocycles. The van der Waals surface area contributed by atoms with Crippen LogP contribution in [-0.2, 0) is 43.2 Å². The number of carbonyl (C=O) groups excluding carboxylic acids is 4. The highest BCUT2D eigenvalue weighted by atomic mass is 16.4. The van der Waals surface area contributed by atoms with Gasteiger partial charge < -0.3 is 42.6 Å². The molecule has 0 saturated heterocycles. The molecule has 0 bridgehead atoms. The van der Waals surface area contributed by atoms with Crippen molar-refractivity contribution in [3.8, 4) is 5.75 Å². The number of H-pyrrole nitrogens is 1. The van der Waals surface area contributed by atoms with Crippen LogP contribution in [0.2, 0.25) is 0 Å². The minimum Gasteiger partial charge on any atom is -0.508 e. The molecule has 0 spiro atoms. The normalized spacial score (nSPS) is 13.6. The van der Waals surface area contributed by atoms with Gasteiger partial charge in [-0.1, -0.05) is 42.5 Å². The first kappa shape index (κ1) is 31.3. The van der Waals surface area contributed by atoms with Crippen molar-refractivity contribution < 1.29 is 34.2 Å². The highest BCUT2D eigenvalue weighted by Gasteiger charge is 2.31. The molecule has 14 nitrogen and oxygen atoms in total.